The third-order valence-corrected chi connectivity index (χ3v) is 3.94. The lowest BCUT2D eigenvalue weighted by Gasteiger charge is -2.09. The molecule has 2 nitrogen and oxygen atoms in total. The number of hydrogen-bond donors (Lipinski definition) is 1. The zero-order valence-corrected chi connectivity index (χ0v) is 11.7. The maximum Gasteiger partial charge on any atom is 0.113 e. The highest BCUT2D eigenvalue weighted by Crippen LogP contribution is 2.27. The molecule has 96 valence electrons. The van der Waals surface area contributed by atoms with E-state index in [9.17, 15) is 0 Å². The number of rotatable bonds is 5. The van der Waals surface area contributed by atoms with Crippen molar-refractivity contribution in [1.29, 1.82) is 0 Å². The molecule has 0 spiro atoms. The van der Waals surface area contributed by atoms with Crippen molar-refractivity contribution < 1.29 is 4.42 Å². The highest BCUT2D eigenvalue weighted by atomic mass is 32.2. The average molecular weight is 261 g/mol. The molecule has 0 amide bonds. The smallest absolute Gasteiger partial charge is 0.113 e. The number of nitrogens with two attached hydrogens (primary N) is 1. The maximum absolute atomic E-state index is 5.82. The lowest BCUT2D eigenvalue weighted by Crippen LogP contribution is -2.17. The van der Waals surface area contributed by atoms with Crippen LogP contribution in [0.2, 0.25) is 0 Å². The molecule has 0 aliphatic carbocycles. The van der Waals surface area contributed by atoms with E-state index in [1.807, 2.05) is 30.8 Å². The van der Waals surface area contributed by atoms with Crippen LogP contribution < -0.4 is 5.73 Å². The Morgan fingerprint density at radius 1 is 1.33 bits per heavy atom. The first kappa shape index (κ1) is 13.2. The SMILES string of the molecule is Cc1cc(CC(C)N)ccc1SCc1ccco1. The second kappa shape index (κ2) is 6.12. The van der Waals surface area contributed by atoms with Crippen molar-refractivity contribution in [2.75, 3.05) is 0 Å². The van der Waals surface area contributed by atoms with Gasteiger partial charge >= 0.3 is 0 Å². The van der Waals surface area contributed by atoms with Crippen molar-refractivity contribution in [2.45, 2.75) is 37.0 Å². The molecule has 2 N–H and O–H groups in total. The second-order valence-electron chi connectivity index (χ2n) is 4.65. The summed E-state index contributed by atoms with van der Waals surface area (Å²) in [5, 5.41) is 0. The zero-order chi connectivity index (χ0) is 13.0. The van der Waals surface area contributed by atoms with Crippen LogP contribution in [0.5, 0.6) is 0 Å². The van der Waals surface area contributed by atoms with E-state index in [2.05, 4.69) is 25.1 Å². The summed E-state index contributed by atoms with van der Waals surface area (Å²) in [7, 11) is 0. The molecule has 18 heavy (non-hydrogen) atoms. The van der Waals surface area contributed by atoms with Gasteiger partial charge in [-0.2, -0.15) is 0 Å². The number of hydrogen-bond acceptors (Lipinski definition) is 3. The van der Waals surface area contributed by atoms with Crippen molar-refractivity contribution in [3.63, 3.8) is 0 Å². The molecule has 1 atom stereocenters. The van der Waals surface area contributed by atoms with Crippen LogP contribution in [0.1, 0.15) is 23.8 Å². The minimum atomic E-state index is 0.214. The summed E-state index contributed by atoms with van der Waals surface area (Å²) in [5.41, 5.74) is 8.44. The fourth-order valence-corrected chi connectivity index (χ4v) is 2.83. The van der Waals surface area contributed by atoms with E-state index in [1.165, 1.54) is 16.0 Å². The van der Waals surface area contributed by atoms with Crippen LogP contribution in [0.4, 0.5) is 0 Å². The van der Waals surface area contributed by atoms with E-state index in [0.29, 0.717) is 0 Å². The summed E-state index contributed by atoms with van der Waals surface area (Å²) in [4.78, 5) is 1.31. The molecule has 0 bridgehead atoms. The first-order valence-corrected chi connectivity index (χ1v) is 7.14. The van der Waals surface area contributed by atoms with Gasteiger partial charge in [-0.15, -0.1) is 11.8 Å². The van der Waals surface area contributed by atoms with Crippen molar-refractivity contribution in [1.82, 2.24) is 0 Å². The van der Waals surface area contributed by atoms with Crippen LogP contribution >= 0.6 is 11.8 Å². The number of furan rings is 1. The Morgan fingerprint density at radius 3 is 2.78 bits per heavy atom. The molecule has 3 heteroatoms. The van der Waals surface area contributed by atoms with Gasteiger partial charge in [0.15, 0.2) is 0 Å². The number of aryl methyl sites for hydroxylation is 1. The molecule has 0 radical (unpaired) electrons. The zero-order valence-electron chi connectivity index (χ0n) is 10.8. The summed E-state index contributed by atoms with van der Waals surface area (Å²) >= 11 is 1.81. The Kier molecular flexibility index (Phi) is 4.50. The summed E-state index contributed by atoms with van der Waals surface area (Å²) in [6.07, 6.45) is 2.65. The van der Waals surface area contributed by atoms with Gasteiger partial charge in [-0.05, 0) is 49.6 Å². The molecular formula is C15H19NOS. The minimum Gasteiger partial charge on any atom is -0.468 e. The van der Waals surface area contributed by atoms with Crippen LogP contribution in [-0.2, 0) is 12.2 Å². The van der Waals surface area contributed by atoms with E-state index < -0.39 is 0 Å². The predicted octanol–water partition coefficient (Wildman–Crippen LogP) is 3.77. The first-order valence-electron chi connectivity index (χ1n) is 6.15. The van der Waals surface area contributed by atoms with E-state index in [-0.39, 0.29) is 6.04 Å². The lowest BCUT2D eigenvalue weighted by atomic mass is 10.1. The summed E-state index contributed by atoms with van der Waals surface area (Å²) in [6, 6.07) is 10.7. The Bertz CT molecular complexity index is 491. The van der Waals surface area contributed by atoms with Gasteiger partial charge in [-0.1, -0.05) is 12.1 Å². The summed E-state index contributed by atoms with van der Waals surface area (Å²) in [5.74, 6) is 1.89. The highest BCUT2D eigenvalue weighted by molar-refractivity contribution is 7.98. The largest absolute Gasteiger partial charge is 0.468 e. The Balaban J connectivity index is 2.01. The van der Waals surface area contributed by atoms with Gasteiger partial charge in [-0.3, -0.25) is 0 Å². The molecule has 0 saturated carbocycles. The third-order valence-electron chi connectivity index (χ3n) is 2.75. The Hall–Kier alpha value is -1.19. The van der Waals surface area contributed by atoms with Crippen LogP contribution in [0, 0.1) is 6.92 Å². The fraction of sp³-hybridized carbons (Fsp3) is 0.333. The molecule has 1 unspecified atom stereocenters. The number of benzene rings is 1. The molecule has 2 aromatic rings. The first-order chi connectivity index (χ1) is 8.65. The average Bonchev–Trinajstić information content (AvgIpc) is 2.80. The molecule has 0 fully saturated rings. The van der Waals surface area contributed by atoms with Gasteiger partial charge in [-0.25, -0.2) is 0 Å². The summed E-state index contributed by atoms with van der Waals surface area (Å²) in [6.45, 7) is 4.18. The fourth-order valence-electron chi connectivity index (χ4n) is 1.92. The van der Waals surface area contributed by atoms with Crippen molar-refractivity contribution in [2.24, 2.45) is 5.73 Å². The molecule has 0 saturated heterocycles. The van der Waals surface area contributed by atoms with Crippen LogP contribution in [-0.4, -0.2) is 6.04 Å². The Labute approximate surface area is 113 Å². The van der Waals surface area contributed by atoms with Gasteiger partial charge < -0.3 is 10.2 Å². The van der Waals surface area contributed by atoms with Crippen LogP contribution in [0.3, 0.4) is 0 Å². The standard InChI is InChI=1S/C15H19NOS/c1-11-8-13(9-12(2)16)5-6-15(11)18-10-14-4-3-7-17-14/h3-8,12H,9-10,16H2,1-2H3. The highest BCUT2D eigenvalue weighted by Gasteiger charge is 2.04. The van der Waals surface area contributed by atoms with Gasteiger partial charge in [0.2, 0.25) is 0 Å². The van der Waals surface area contributed by atoms with Gasteiger partial charge in [0, 0.05) is 10.9 Å². The van der Waals surface area contributed by atoms with Gasteiger partial charge in [0.1, 0.15) is 5.76 Å². The van der Waals surface area contributed by atoms with Crippen LogP contribution in [0.25, 0.3) is 0 Å². The van der Waals surface area contributed by atoms with E-state index in [0.717, 1.165) is 17.9 Å². The molecule has 0 aliphatic rings. The molecule has 1 heterocycles. The van der Waals surface area contributed by atoms with E-state index in [4.69, 9.17) is 10.2 Å². The maximum atomic E-state index is 5.82. The molecule has 1 aromatic heterocycles. The quantitative estimate of drug-likeness (QED) is 0.833. The monoisotopic (exact) mass is 261 g/mol. The van der Waals surface area contributed by atoms with Crippen LogP contribution in [0.15, 0.2) is 45.9 Å². The topological polar surface area (TPSA) is 39.2 Å². The third kappa shape index (κ3) is 3.65. The van der Waals surface area contributed by atoms with Crippen molar-refractivity contribution in [3.8, 4) is 0 Å². The van der Waals surface area contributed by atoms with Gasteiger partial charge in [0.05, 0.1) is 12.0 Å². The molecule has 2 rings (SSSR count). The normalized spacial score (nSPS) is 12.6. The molecule has 0 aliphatic heterocycles. The second-order valence-corrected chi connectivity index (χ2v) is 5.67. The van der Waals surface area contributed by atoms with Crippen molar-refractivity contribution in [3.05, 3.63) is 53.5 Å². The number of thioether (sulfide) groups is 1. The van der Waals surface area contributed by atoms with Gasteiger partial charge in [0.25, 0.3) is 0 Å². The minimum absolute atomic E-state index is 0.214. The van der Waals surface area contributed by atoms with Crippen molar-refractivity contribution >= 4 is 11.8 Å². The van der Waals surface area contributed by atoms with E-state index >= 15 is 0 Å². The molecule has 1 aromatic carbocycles. The van der Waals surface area contributed by atoms with E-state index in [1.54, 1.807) is 6.26 Å². The molecular weight excluding hydrogens is 242 g/mol. The lowest BCUT2D eigenvalue weighted by molar-refractivity contribution is 0.530. The predicted molar refractivity (Wildman–Crippen MR) is 76.8 cm³/mol. The Morgan fingerprint density at radius 2 is 2.17 bits per heavy atom. The summed E-state index contributed by atoms with van der Waals surface area (Å²) < 4.78 is 5.33.